The van der Waals surface area contributed by atoms with E-state index in [9.17, 15) is 31.2 Å². The zero-order valence-corrected chi connectivity index (χ0v) is 27.1. The highest BCUT2D eigenvalue weighted by Gasteiger charge is 2.37. The molecule has 0 saturated heterocycles. The van der Waals surface area contributed by atoms with Gasteiger partial charge in [0.2, 0.25) is 11.8 Å². The molecule has 7 nitrogen and oxygen atoms in total. The third kappa shape index (κ3) is 8.59. The van der Waals surface area contributed by atoms with E-state index in [0.29, 0.717) is 27.4 Å². The molecule has 0 heterocycles. The van der Waals surface area contributed by atoms with Crippen LogP contribution < -0.4 is 9.62 Å². The van der Waals surface area contributed by atoms with Gasteiger partial charge < -0.3 is 10.2 Å². The smallest absolute Gasteiger partial charge is 0.352 e. The largest absolute Gasteiger partial charge is 0.417 e. The number of nitrogens with zero attached hydrogens (tertiary/aromatic N) is 2. The number of amides is 2. The number of anilines is 1. The van der Waals surface area contributed by atoms with E-state index < -0.39 is 56.9 Å². The van der Waals surface area contributed by atoms with Crippen LogP contribution in [0.3, 0.4) is 0 Å². The van der Waals surface area contributed by atoms with Crippen molar-refractivity contribution in [2.75, 3.05) is 10.8 Å². The van der Waals surface area contributed by atoms with E-state index in [1.807, 2.05) is 6.92 Å². The van der Waals surface area contributed by atoms with Gasteiger partial charge in [0.15, 0.2) is 0 Å². The van der Waals surface area contributed by atoms with Crippen LogP contribution in [-0.2, 0) is 32.3 Å². The fraction of sp³-hybridized carbons (Fsp3) is 0.333. The zero-order valence-electron chi connectivity index (χ0n) is 24.0. The summed E-state index contributed by atoms with van der Waals surface area (Å²) < 4.78 is 69.7. The Morgan fingerprint density at radius 1 is 0.909 bits per heavy atom. The molecule has 0 aliphatic rings. The predicted molar refractivity (Wildman–Crippen MR) is 166 cm³/mol. The highest BCUT2D eigenvalue weighted by molar-refractivity contribution is 7.92. The van der Waals surface area contributed by atoms with Gasteiger partial charge in [0.1, 0.15) is 12.6 Å². The number of halogens is 6. The quantitative estimate of drug-likeness (QED) is 0.212. The first-order valence-corrected chi connectivity index (χ1v) is 16.2. The van der Waals surface area contributed by atoms with Gasteiger partial charge in [-0.1, -0.05) is 72.9 Å². The van der Waals surface area contributed by atoms with Crippen LogP contribution in [0, 0.1) is 0 Å². The highest BCUT2D eigenvalue weighted by Crippen LogP contribution is 2.38. The molecular formula is C30H31Cl3F3N3O4S. The SMILES string of the molecule is CCC(C)NC(=O)C(CC)N(Cc1ccc(Cl)cc1Cl)C(=O)CN(c1ccc(Cl)c(C(F)(F)F)c1)S(=O)(=O)c1ccccc1. The van der Waals surface area contributed by atoms with Crippen LogP contribution in [0.2, 0.25) is 15.1 Å². The third-order valence-corrected chi connectivity index (χ3v) is 9.60. The minimum Gasteiger partial charge on any atom is -0.352 e. The maximum absolute atomic E-state index is 14.1. The van der Waals surface area contributed by atoms with Crippen LogP contribution in [0.4, 0.5) is 18.9 Å². The van der Waals surface area contributed by atoms with Crippen molar-refractivity contribution in [3.63, 3.8) is 0 Å². The number of carbonyl (C=O) groups is 2. The molecule has 0 aliphatic carbocycles. The van der Waals surface area contributed by atoms with Crippen LogP contribution >= 0.6 is 34.8 Å². The lowest BCUT2D eigenvalue weighted by Gasteiger charge is -2.34. The van der Waals surface area contributed by atoms with Crippen LogP contribution in [0.25, 0.3) is 0 Å². The molecule has 3 aromatic carbocycles. The zero-order chi connectivity index (χ0) is 32.8. The van der Waals surface area contributed by atoms with Gasteiger partial charge in [-0.05, 0) is 67.8 Å². The Morgan fingerprint density at radius 3 is 2.14 bits per heavy atom. The number of rotatable bonds is 12. The van der Waals surface area contributed by atoms with Gasteiger partial charge in [0.25, 0.3) is 10.0 Å². The molecule has 0 saturated carbocycles. The first-order valence-electron chi connectivity index (χ1n) is 13.6. The lowest BCUT2D eigenvalue weighted by molar-refractivity contribution is -0.140. The summed E-state index contributed by atoms with van der Waals surface area (Å²) in [4.78, 5) is 28.4. The first-order chi connectivity index (χ1) is 20.6. The second-order valence-corrected chi connectivity index (χ2v) is 13.1. The monoisotopic (exact) mass is 691 g/mol. The Labute approximate surface area is 269 Å². The summed E-state index contributed by atoms with van der Waals surface area (Å²) in [6.07, 6.45) is -4.15. The molecule has 2 amide bonds. The van der Waals surface area contributed by atoms with Crippen molar-refractivity contribution < 1.29 is 31.2 Å². The molecule has 238 valence electrons. The molecule has 3 aromatic rings. The molecule has 1 N–H and O–H groups in total. The van der Waals surface area contributed by atoms with E-state index in [2.05, 4.69) is 5.32 Å². The number of benzene rings is 3. The maximum Gasteiger partial charge on any atom is 0.417 e. The van der Waals surface area contributed by atoms with E-state index in [-0.39, 0.29) is 28.9 Å². The summed E-state index contributed by atoms with van der Waals surface area (Å²) in [6.45, 7) is 4.19. The van der Waals surface area contributed by atoms with Gasteiger partial charge in [-0.15, -0.1) is 0 Å². The van der Waals surface area contributed by atoms with Crippen molar-refractivity contribution >= 4 is 62.3 Å². The lowest BCUT2D eigenvalue weighted by Crippen LogP contribution is -2.53. The summed E-state index contributed by atoms with van der Waals surface area (Å²) in [7, 11) is -4.59. The molecule has 0 spiro atoms. The Morgan fingerprint density at radius 2 is 1.57 bits per heavy atom. The van der Waals surface area contributed by atoms with Gasteiger partial charge in [-0.2, -0.15) is 13.2 Å². The minimum atomic E-state index is -4.90. The average Bonchev–Trinajstić information content (AvgIpc) is 2.96. The van der Waals surface area contributed by atoms with E-state index in [4.69, 9.17) is 34.8 Å². The number of carbonyl (C=O) groups excluding carboxylic acids is 2. The fourth-order valence-corrected chi connectivity index (χ4v) is 6.45. The van der Waals surface area contributed by atoms with Crippen molar-refractivity contribution in [3.05, 3.63) is 92.9 Å². The normalized spacial score (nSPS) is 13.2. The summed E-state index contributed by atoms with van der Waals surface area (Å²) in [5, 5.41) is 2.73. The maximum atomic E-state index is 14.1. The third-order valence-electron chi connectivity index (χ3n) is 6.90. The lowest BCUT2D eigenvalue weighted by atomic mass is 10.1. The highest BCUT2D eigenvalue weighted by atomic mass is 35.5. The molecule has 0 aromatic heterocycles. The molecule has 44 heavy (non-hydrogen) atoms. The van der Waals surface area contributed by atoms with Crippen molar-refractivity contribution in [1.29, 1.82) is 0 Å². The summed E-state index contributed by atoms with van der Waals surface area (Å²) >= 11 is 18.2. The van der Waals surface area contributed by atoms with Crippen molar-refractivity contribution in [2.24, 2.45) is 0 Å². The van der Waals surface area contributed by atoms with Crippen LogP contribution in [0.15, 0.2) is 71.6 Å². The second-order valence-electron chi connectivity index (χ2n) is 9.99. The van der Waals surface area contributed by atoms with E-state index in [1.165, 1.54) is 35.2 Å². The van der Waals surface area contributed by atoms with Gasteiger partial charge in [-0.25, -0.2) is 8.42 Å². The second kappa shape index (κ2) is 14.9. The number of hydrogen-bond donors (Lipinski definition) is 1. The molecule has 2 unspecified atom stereocenters. The molecule has 0 radical (unpaired) electrons. The van der Waals surface area contributed by atoms with Crippen LogP contribution in [0.5, 0.6) is 0 Å². The molecular weight excluding hydrogens is 662 g/mol. The standard InChI is InChI=1S/C30H31Cl3F3N3O4S/c1-4-19(3)37-29(41)27(5-2)38(17-20-11-12-21(31)15-26(20)33)28(40)18-39(44(42,43)23-9-7-6-8-10-23)22-13-14-25(32)24(16-22)30(34,35)36/h6-16,19,27H,4-5,17-18H2,1-3H3,(H,37,41). The molecule has 2 atom stereocenters. The molecule has 14 heteroatoms. The van der Waals surface area contributed by atoms with E-state index in [0.717, 1.165) is 12.1 Å². The van der Waals surface area contributed by atoms with Gasteiger partial charge >= 0.3 is 6.18 Å². The minimum absolute atomic E-state index is 0.143. The Balaban J connectivity index is 2.16. The Bertz CT molecular complexity index is 1590. The molecule has 0 fully saturated rings. The van der Waals surface area contributed by atoms with Crippen molar-refractivity contribution in [1.82, 2.24) is 10.2 Å². The van der Waals surface area contributed by atoms with Crippen LogP contribution in [0.1, 0.15) is 44.7 Å². The first kappa shape index (κ1) is 35.5. The van der Waals surface area contributed by atoms with Crippen molar-refractivity contribution in [3.8, 4) is 0 Å². The number of nitrogens with one attached hydrogen (secondary N) is 1. The molecule has 0 aliphatic heterocycles. The number of sulfonamides is 1. The average molecular weight is 693 g/mol. The molecule has 0 bridgehead atoms. The van der Waals surface area contributed by atoms with E-state index in [1.54, 1.807) is 32.0 Å². The van der Waals surface area contributed by atoms with Crippen molar-refractivity contribution in [2.45, 2.75) is 63.3 Å². The molecule has 3 rings (SSSR count). The van der Waals surface area contributed by atoms with E-state index >= 15 is 0 Å². The van der Waals surface area contributed by atoms with Gasteiger partial charge in [0.05, 0.1) is 21.2 Å². The summed E-state index contributed by atoms with van der Waals surface area (Å²) in [5.41, 5.74) is -1.30. The van der Waals surface area contributed by atoms with Gasteiger partial charge in [-0.3, -0.25) is 13.9 Å². The topological polar surface area (TPSA) is 86.8 Å². The fourth-order valence-electron chi connectivity index (χ4n) is 4.33. The Kier molecular flexibility index (Phi) is 12.0. The number of hydrogen-bond acceptors (Lipinski definition) is 4. The Hall–Kier alpha value is -2.99. The van der Waals surface area contributed by atoms with Crippen LogP contribution in [-0.4, -0.2) is 43.8 Å². The van der Waals surface area contributed by atoms with Gasteiger partial charge in [0, 0.05) is 22.6 Å². The number of alkyl halides is 3. The summed E-state index contributed by atoms with van der Waals surface area (Å²) in [5.74, 6) is -1.34. The predicted octanol–water partition coefficient (Wildman–Crippen LogP) is 7.58. The summed E-state index contributed by atoms with van der Waals surface area (Å²) in [6, 6.07) is 12.8.